The van der Waals surface area contributed by atoms with E-state index in [-0.39, 0.29) is 11.9 Å². The van der Waals surface area contributed by atoms with Crippen molar-refractivity contribution in [1.29, 1.82) is 0 Å². The summed E-state index contributed by atoms with van der Waals surface area (Å²) in [4.78, 5) is 6.57. The first-order valence-electron chi connectivity index (χ1n) is 6.49. The zero-order valence-corrected chi connectivity index (χ0v) is 10.9. The van der Waals surface area contributed by atoms with Crippen LogP contribution in [0.1, 0.15) is 12.0 Å². The largest absolute Gasteiger partial charge is 0.409 e. The molecule has 6 nitrogen and oxygen atoms in total. The summed E-state index contributed by atoms with van der Waals surface area (Å²) in [5.74, 6) is 0.676. The SMILES string of the molecule is NC(=NO)c1cc2ccccc2nc1N1CCC(O)C1. The number of anilines is 1. The van der Waals surface area contributed by atoms with Crippen molar-refractivity contribution < 1.29 is 10.3 Å². The third kappa shape index (κ3) is 2.14. The molecular weight excluding hydrogens is 256 g/mol. The Balaban J connectivity index is 2.16. The molecule has 0 radical (unpaired) electrons. The molecule has 1 unspecified atom stereocenters. The van der Waals surface area contributed by atoms with Gasteiger partial charge in [-0.2, -0.15) is 0 Å². The molecule has 1 aromatic heterocycles. The maximum atomic E-state index is 9.68. The topological polar surface area (TPSA) is 95.0 Å². The summed E-state index contributed by atoms with van der Waals surface area (Å²) >= 11 is 0. The Bertz CT molecular complexity index is 671. The van der Waals surface area contributed by atoms with E-state index in [1.165, 1.54) is 0 Å². The van der Waals surface area contributed by atoms with Gasteiger partial charge >= 0.3 is 0 Å². The Hall–Kier alpha value is -2.34. The second-order valence-corrected chi connectivity index (χ2v) is 4.93. The molecule has 3 rings (SSSR count). The fraction of sp³-hybridized carbons (Fsp3) is 0.286. The van der Waals surface area contributed by atoms with E-state index in [1.54, 1.807) is 0 Å². The highest BCUT2D eigenvalue weighted by Gasteiger charge is 2.25. The molecule has 1 aliphatic heterocycles. The summed E-state index contributed by atoms with van der Waals surface area (Å²) < 4.78 is 0. The van der Waals surface area contributed by atoms with Gasteiger partial charge in [0, 0.05) is 18.5 Å². The lowest BCUT2D eigenvalue weighted by atomic mass is 10.1. The van der Waals surface area contributed by atoms with Crippen molar-refractivity contribution in [2.75, 3.05) is 18.0 Å². The van der Waals surface area contributed by atoms with E-state index in [2.05, 4.69) is 10.1 Å². The van der Waals surface area contributed by atoms with Crippen molar-refractivity contribution in [2.24, 2.45) is 10.9 Å². The van der Waals surface area contributed by atoms with E-state index < -0.39 is 0 Å². The van der Waals surface area contributed by atoms with E-state index in [1.807, 2.05) is 35.2 Å². The van der Waals surface area contributed by atoms with Crippen LogP contribution < -0.4 is 10.6 Å². The lowest BCUT2D eigenvalue weighted by Gasteiger charge is -2.20. The van der Waals surface area contributed by atoms with Crippen LogP contribution in [0, 0.1) is 0 Å². The normalized spacial score (nSPS) is 19.8. The summed E-state index contributed by atoms with van der Waals surface area (Å²) in [5.41, 5.74) is 7.19. The van der Waals surface area contributed by atoms with Crippen LogP contribution >= 0.6 is 0 Å². The van der Waals surface area contributed by atoms with Crippen molar-refractivity contribution in [3.05, 3.63) is 35.9 Å². The first kappa shape index (κ1) is 12.7. The molecule has 1 aliphatic rings. The number of aromatic nitrogens is 1. The number of pyridine rings is 1. The van der Waals surface area contributed by atoms with Crippen molar-refractivity contribution >= 4 is 22.6 Å². The minimum Gasteiger partial charge on any atom is -0.409 e. The van der Waals surface area contributed by atoms with Crippen LogP contribution in [0.4, 0.5) is 5.82 Å². The number of para-hydroxylation sites is 1. The molecular formula is C14H16N4O2. The van der Waals surface area contributed by atoms with E-state index in [9.17, 15) is 5.11 Å². The molecule has 2 heterocycles. The number of hydrogen-bond donors (Lipinski definition) is 3. The molecule has 0 aliphatic carbocycles. The molecule has 1 saturated heterocycles. The number of rotatable bonds is 2. The van der Waals surface area contributed by atoms with Gasteiger partial charge in [-0.05, 0) is 18.6 Å². The molecule has 0 amide bonds. The molecule has 2 aromatic rings. The molecule has 0 spiro atoms. The number of nitrogens with two attached hydrogens (primary N) is 1. The number of amidine groups is 1. The zero-order valence-electron chi connectivity index (χ0n) is 10.9. The Morgan fingerprint density at radius 2 is 2.20 bits per heavy atom. The third-order valence-corrected chi connectivity index (χ3v) is 3.55. The van der Waals surface area contributed by atoms with Gasteiger partial charge in [0.25, 0.3) is 0 Å². The number of benzene rings is 1. The van der Waals surface area contributed by atoms with Crippen LogP contribution in [0.5, 0.6) is 0 Å². The van der Waals surface area contributed by atoms with Crippen LogP contribution in [0.2, 0.25) is 0 Å². The van der Waals surface area contributed by atoms with Gasteiger partial charge < -0.3 is 20.9 Å². The fourth-order valence-corrected chi connectivity index (χ4v) is 2.52. The highest BCUT2D eigenvalue weighted by atomic mass is 16.4. The standard InChI is InChI=1S/C14H16N4O2/c15-13(17-20)11-7-9-3-1-2-4-12(9)16-14(11)18-6-5-10(19)8-18/h1-4,7,10,19-20H,5-6,8H2,(H2,15,17). The predicted octanol–water partition coefficient (Wildman–Crippen LogP) is 0.900. The van der Waals surface area contributed by atoms with Gasteiger partial charge in [-0.25, -0.2) is 4.98 Å². The Kier molecular flexibility index (Phi) is 3.15. The Morgan fingerprint density at radius 1 is 1.40 bits per heavy atom. The second-order valence-electron chi connectivity index (χ2n) is 4.93. The summed E-state index contributed by atoms with van der Waals surface area (Å²) in [7, 11) is 0. The molecule has 1 atom stereocenters. The van der Waals surface area contributed by atoms with Gasteiger partial charge in [-0.1, -0.05) is 23.4 Å². The van der Waals surface area contributed by atoms with E-state index in [4.69, 9.17) is 10.9 Å². The molecule has 0 bridgehead atoms. The Labute approximate surface area is 116 Å². The molecule has 1 aromatic carbocycles. The number of oxime groups is 1. The van der Waals surface area contributed by atoms with E-state index in [0.29, 0.717) is 30.9 Å². The van der Waals surface area contributed by atoms with Crippen LogP contribution in [-0.2, 0) is 0 Å². The number of nitrogens with zero attached hydrogens (tertiary/aromatic N) is 3. The number of hydrogen-bond acceptors (Lipinski definition) is 5. The maximum Gasteiger partial charge on any atom is 0.173 e. The summed E-state index contributed by atoms with van der Waals surface area (Å²) in [6, 6.07) is 9.54. The molecule has 6 heteroatoms. The molecule has 104 valence electrons. The number of fused-ring (bicyclic) bond motifs is 1. The highest BCUT2D eigenvalue weighted by Crippen LogP contribution is 2.26. The van der Waals surface area contributed by atoms with Crippen LogP contribution in [0.25, 0.3) is 10.9 Å². The van der Waals surface area contributed by atoms with Gasteiger partial charge in [0.2, 0.25) is 0 Å². The minimum atomic E-state index is -0.358. The Morgan fingerprint density at radius 3 is 2.90 bits per heavy atom. The highest BCUT2D eigenvalue weighted by molar-refractivity contribution is 6.04. The number of β-amino-alcohol motifs (C(OH)–C–C–N with tert-alkyl or cyclic N) is 1. The van der Waals surface area contributed by atoms with Gasteiger partial charge in [-0.3, -0.25) is 0 Å². The number of aliphatic hydroxyl groups excluding tert-OH is 1. The lowest BCUT2D eigenvalue weighted by Crippen LogP contribution is -2.26. The van der Waals surface area contributed by atoms with Crippen molar-refractivity contribution in [3.8, 4) is 0 Å². The first-order valence-corrected chi connectivity index (χ1v) is 6.49. The van der Waals surface area contributed by atoms with Crippen LogP contribution in [-0.4, -0.2) is 40.3 Å². The molecule has 0 saturated carbocycles. The van der Waals surface area contributed by atoms with Crippen LogP contribution in [0.15, 0.2) is 35.5 Å². The second kappa shape index (κ2) is 4.97. The van der Waals surface area contributed by atoms with Gasteiger partial charge in [-0.15, -0.1) is 0 Å². The quantitative estimate of drug-likeness (QED) is 0.327. The van der Waals surface area contributed by atoms with Gasteiger partial charge in [0.1, 0.15) is 5.82 Å². The smallest absolute Gasteiger partial charge is 0.173 e. The van der Waals surface area contributed by atoms with E-state index >= 15 is 0 Å². The van der Waals surface area contributed by atoms with Gasteiger partial charge in [0.05, 0.1) is 17.2 Å². The summed E-state index contributed by atoms with van der Waals surface area (Å²) in [5, 5.41) is 22.6. The summed E-state index contributed by atoms with van der Waals surface area (Å²) in [6.07, 6.45) is 0.341. The lowest BCUT2D eigenvalue weighted by molar-refractivity contribution is 0.198. The van der Waals surface area contributed by atoms with Crippen molar-refractivity contribution in [2.45, 2.75) is 12.5 Å². The number of aliphatic hydroxyl groups is 1. The fourth-order valence-electron chi connectivity index (χ4n) is 2.52. The minimum absolute atomic E-state index is 0.0274. The zero-order chi connectivity index (χ0) is 14.1. The predicted molar refractivity (Wildman–Crippen MR) is 77.1 cm³/mol. The third-order valence-electron chi connectivity index (χ3n) is 3.55. The summed E-state index contributed by atoms with van der Waals surface area (Å²) in [6.45, 7) is 1.22. The van der Waals surface area contributed by atoms with Gasteiger partial charge in [0.15, 0.2) is 5.84 Å². The molecule has 4 N–H and O–H groups in total. The van der Waals surface area contributed by atoms with Crippen molar-refractivity contribution in [3.63, 3.8) is 0 Å². The van der Waals surface area contributed by atoms with Crippen molar-refractivity contribution in [1.82, 2.24) is 4.98 Å². The maximum absolute atomic E-state index is 9.68. The van der Waals surface area contributed by atoms with E-state index in [0.717, 1.165) is 10.9 Å². The average Bonchev–Trinajstić information content (AvgIpc) is 2.91. The van der Waals surface area contributed by atoms with Crippen LogP contribution in [0.3, 0.4) is 0 Å². The molecule has 1 fully saturated rings. The molecule has 20 heavy (non-hydrogen) atoms. The monoisotopic (exact) mass is 272 g/mol. The first-order chi connectivity index (χ1) is 9.69. The average molecular weight is 272 g/mol.